The summed E-state index contributed by atoms with van der Waals surface area (Å²) in [6, 6.07) is 22.8. The van der Waals surface area contributed by atoms with Crippen LogP contribution in [0.15, 0.2) is 77.2 Å². The van der Waals surface area contributed by atoms with Gasteiger partial charge in [-0.1, -0.05) is 44.2 Å². The first-order chi connectivity index (χ1) is 13.1. The zero-order chi connectivity index (χ0) is 18.8. The smallest absolute Gasteiger partial charge is 0.255 e. The molecule has 4 aromatic rings. The molecule has 4 nitrogen and oxygen atoms in total. The van der Waals surface area contributed by atoms with Gasteiger partial charge in [0.1, 0.15) is 5.52 Å². The van der Waals surface area contributed by atoms with E-state index in [0.29, 0.717) is 23.1 Å². The van der Waals surface area contributed by atoms with Crippen LogP contribution in [0, 0.1) is 0 Å². The summed E-state index contributed by atoms with van der Waals surface area (Å²) in [6.45, 7) is 4.31. The van der Waals surface area contributed by atoms with E-state index in [1.165, 1.54) is 5.56 Å². The van der Waals surface area contributed by atoms with Gasteiger partial charge in [-0.2, -0.15) is 0 Å². The van der Waals surface area contributed by atoms with Gasteiger partial charge in [-0.05, 0) is 53.9 Å². The molecular weight excluding hydrogens is 336 g/mol. The fourth-order valence-corrected chi connectivity index (χ4v) is 2.95. The van der Waals surface area contributed by atoms with Crippen molar-refractivity contribution >= 4 is 22.7 Å². The fourth-order valence-electron chi connectivity index (χ4n) is 2.95. The van der Waals surface area contributed by atoms with Crippen molar-refractivity contribution in [1.29, 1.82) is 0 Å². The van der Waals surface area contributed by atoms with E-state index in [0.717, 1.165) is 16.7 Å². The first kappa shape index (κ1) is 17.0. The lowest BCUT2D eigenvalue weighted by Gasteiger charge is -2.06. The Morgan fingerprint density at radius 1 is 0.963 bits per heavy atom. The number of benzene rings is 3. The van der Waals surface area contributed by atoms with Crippen LogP contribution in [0.3, 0.4) is 0 Å². The van der Waals surface area contributed by atoms with E-state index in [1.807, 2.05) is 48.5 Å². The van der Waals surface area contributed by atoms with Crippen molar-refractivity contribution in [3.8, 4) is 11.5 Å². The molecule has 1 amide bonds. The zero-order valence-corrected chi connectivity index (χ0v) is 15.3. The van der Waals surface area contributed by atoms with E-state index in [9.17, 15) is 4.79 Å². The lowest BCUT2D eigenvalue weighted by atomic mass is 10.0. The molecule has 134 valence electrons. The van der Waals surface area contributed by atoms with Crippen molar-refractivity contribution in [2.45, 2.75) is 19.8 Å². The average Bonchev–Trinajstić information content (AvgIpc) is 3.12. The molecule has 1 N–H and O–H groups in total. The van der Waals surface area contributed by atoms with E-state index >= 15 is 0 Å². The van der Waals surface area contributed by atoms with Crippen LogP contribution in [-0.4, -0.2) is 10.9 Å². The maximum absolute atomic E-state index is 12.4. The van der Waals surface area contributed by atoms with Gasteiger partial charge in [0.15, 0.2) is 5.58 Å². The van der Waals surface area contributed by atoms with Crippen LogP contribution >= 0.6 is 0 Å². The molecule has 0 unspecified atom stereocenters. The molecule has 0 aliphatic heterocycles. The Kier molecular flexibility index (Phi) is 4.47. The van der Waals surface area contributed by atoms with Crippen molar-refractivity contribution in [3.05, 3.63) is 83.9 Å². The molecule has 27 heavy (non-hydrogen) atoms. The monoisotopic (exact) mass is 356 g/mol. The van der Waals surface area contributed by atoms with Crippen molar-refractivity contribution in [1.82, 2.24) is 4.98 Å². The molecule has 0 bridgehead atoms. The van der Waals surface area contributed by atoms with Gasteiger partial charge >= 0.3 is 0 Å². The highest BCUT2D eigenvalue weighted by molar-refractivity contribution is 6.04. The van der Waals surface area contributed by atoms with E-state index < -0.39 is 0 Å². The molecular formula is C23H20N2O2. The molecule has 0 aliphatic rings. The first-order valence-electron chi connectivity index (χ1n) is 8.97. The molecule has 1 aromatic heterocycles. The number of oxazole rings is 1. The fraction of sp³-hybridized carbons (Fsp3) is 0.130. The number of hydrogen-bond donors (Lipinski definition) is 1. The molecule has 0 fully saturated rings. The summed E-state index contributed by atoms with van der Waals surface area (Å²) in [5.74, 6) is 0.833. The standard InChI is InChI=1S/C23H20N2O2/c1-15(2)17-11-12-21-20(14-17)25-23(27-21)18-9-6-10-19(13-18)24-22(26)16-7-4-3-5-8-16/h3-15H,1-2H3,(H,24,26). The third-order valence-electron chi connectivity index (χ3n) is 4.48. The largest absolute Gasteiger partial charge is 0.436 e. The summed E-state index contributed by atoms with van der Waals surface area (Å²) in [4.78, 5) is 17.0. The van der Waals surface area contributed by atoms with Gasteiger partial charge in [0, 0.05) is 16.8 Å². The minimum Gasteiger partial charge on any atom is -0.436 e. The predicted molar refractivity (Wildman–Crippen MR) is 108 cm³/mol. The van der Waals surface area contributed by atoms with Crippen LogP contribution < -0.4 is 5.32 Å². The summed E-state index contributed by atoms with van der Waals surface area (Å²) >= 11 is 0. The van der Waals surface area contributed by atoms with Crippen LogP contribution in [-0.2, 0) is 0 Å². The number of hydrogen-bond acceptors (Lipinski definition) is 3. The van der Waals surface area contributed by atoms with Crippen LogP contribution in [0.4, 0.5) is 5.69 Å². The molecule has 3 aromatic carbocycles. The van der Waals surface area contributed by atoms with Gasteiger partial charge in [-0.3, -0.25) is 4.79 Å². The Hall–Kier alpha value is -3.40. The van der Waals surface area contributed by atoms with Crippen molar-refractivity contribution in [2.75, 3.05) is 5.32 Å². The highest BCUT2D eigenvalue weighted by atomic mass is 16.3. The van der Waals surface area contributed by atoms with Gasteiger partial charge in [0.25, 0.3) is 5.91 Å². The van der Waals surface area contributed by atoms with E-state index in [-0.39, 0.29) is 5.91 Å². The van der Waals surface area contributed by atoms with Crippen LogP contribution in [0.2, 0.25) is 0 Å². The number of aromatic nitrogens is 1. The van der Waals surface area contributed by atoms with Crippen molar-refractivity contribution in [2.24, 2.45) is 0 Å². The minimum atomic E-state index is -0.146. The number of carbonyl (C=O) groups is 1. The third-order valence-corrected chi connectivity index (χ3v) is 4.48. The number of fused-ring (bicyclic) bond motifs is 1. The maximum Gasteiger partial charge on any atom is 0.255 e. The molecule has 4 rings (SSSR count). The Labute approximate surface area is 157 Å². The van der Waals surface area contributed by atoms with Crippen LogP contribution in [0.5, 0.6) is 0 Å². The molecule has 0 saturated carbocycles. The predicted octanol–water partition coefficient (Wildman–Crippen LogP) is 5.87. The minimum absolute atomic E-state index is 0.146. The summed E-state index contributed by atoms with van der Waals surface area (Å²) in [5.41, 5.74) is 4.97. The molecule has 0 radical (unpaired) electrons. The molecule has 0 atom stereocenters. The molecule has 1 heterocycles. The number of anilines is 1. The van der Waals surface area contributed by atoms with Crippen molar-refractivity contribution < 1.29 is 9.21 Å². The lowest BCUT2D eigenvalue weighted by molar-refractivity contribution is 0.102. The second kappa shape index (κ2) is 7.08. The lowest BCUT2D eigenvalue weighted by Crippen LogP contribution is -2.11. The van der Waals surface area contributed by atoms with Crippen LogP contribution in [0.1, 0.15) is 35.7 Å². The topological polar surface area (TPSA) is 55.1 Å². The Bertz CT molecular complexity index is 1100. The SMILES string of the molecule is CC(C)c1ccc2oc(-c3cccc(NC(=O)c4ccccc4)c3)nc2c1. The molecule has 0 spiro atoms. The summed E-state index contributed by atoms with van der Waals surface area (Å²) in [5, 5.41) is 2.92. The van der Waals surface area contributed by atoms with Crippen molar-refractivity contribution in [3.63, 3.8) is 0 Å². The maximum atomic E-state index is 12.4. The Morgan fingerprint density at radius 2 is 1.78 bits per heavy atom. The highest BCUT2D eigenvalue weighted by Gasteiger charge is 2.11. The number of amides is 1. The van der Waals surface area contributed by atoms with Crippen LogP contribution in [0.25, 0.3) is 22.6 Å². The van der Waals surface area contributed by atoms with Gasteiger partial charge in [-0.15, -0.1) is 0 Å². The van der Waals surface area contributed by atoms with E-state index in [2.05, 4.69) is 36.3 Å². The van der Waals surface area contributed by atoms with E-state index in [1.54, 1.807) is 12.1 Å². The summed E-state index contributed by atoms with van der Waals surface area (Å²) in [7, 11) is 0. The van der Waals surface area contributed by atoms with Gasteiger partial charge in [-0.25, -0.2) is 4.98 Å². The van der Waals surface area contributed by atoms with Gasteiger partial charge < -0.3 is 9.73 Å². The first-order valence-corrected chi connectivity index (χ1v) is 8.97. The normalized spacial score (nSPS) is 11.1. The third kappa shape index (κ3) is 3.60. The summed E-state index contributed by atoms with van der Waals surface area (Å²) < 4.78 is 5.91. The summed E-state index contributed by atoms with van der Waals surface area (Å²) in [6.07, 6.45) is 0. The Morgan fingerprint density at radius 3 is 2.56 bits per heavy atom. The van der Waals surface area contributed by atoms with E-state index in [4.69, 9.17) is 4.42 Å². The number of nitrogens with one attached hydrogen (secondary N) is 1. The second-order valence-electron chi connectivity index (χ2n) is 6.80. The molecule has 4 heteroatoms. The number of nitrogens with zero attached hydrogens (tertiary/aromatic N) is 1. The Balaban J connectivity index is 1.62. The molecule has 0 aliphatic carbocycles. The van der Waals surface area contributed by atoms with Gasteiger partial charge in [0.05, 0.1) is 0 Å². The quantitative estimate of drug-likeness (QED) is 0.497. The highest BCUT2D eigenvalue weighted by Crippen LogP contribution is 2.28. The average molecular weight is 356 g/mol. The molecule has 0 saturated heterocycles. The second-order valence-corrected chi connectivity index (χ2v) is 6.80. The van der Waals surface area contributed by atoms with Gasteiger partial charge in [0.2, 0.25) is 5.89 Å². The number of carbonyl (C=O) groups excluding carboxylic acids is 1. The zero-order valence-electron chi connectivity index (χ0n) is 15.3. The number of rotatable bonds is 4.